The molecule has 6 nitrogen and oxygen atoms in total. The number of rotatable bonds is 9. The molecule has 41 heavy (non-hydrogen) atoms. The van der Waals surface area contributed by atoms with E-state index in [1.165, 1.54) is 42.1 Å². The third-order valence-corrected chi connectivity index (χ3v) is 7.27. The van der Waals surface area contributed by atoms with E-state index in [0.29, 0.717) is 27.5 Å². The Labute approximate surface area is 247 Å². The summed E-state index contributed by atoms with van der Waals surface area (Å²) in [6, 6.07) is 26.4. The minimum Gasteiger partial charge on any atom is -0.325 e. The van der Waals surface area contributed by atoms with Crippen LogP contribution in [0.1, 0.15) is 28.4 Å². The molecular weight excluding hydrogens is 561 g/mol. The van der Waals surface area contributed by atoms with Gasteiger partial charge in [0.1, 0.15) is 11.5 Å². The predicted molar refractivity (Wildman–Crippen MR) is 163 cm³/mol. The van der Waals surface area contributed by atoms with Gasteiger partial charge in [-0.15, -0.1) is 11.8 Å². The van der Waals surface area contributed by atoms with Crippen molar-refractivity contribution in [3.63, 3.8) is 0 Å². The summed E-state index contributed by atoms with van der Waals surface area (Å²) in [6.07, 6.45) is 1.47. The highest BCUT2D eigenvalue weighted by Gasteiger charge is 2.18. The van der Waals surface area contributed by atoms with Gasteiger partial charge in [0.05, 0.1) is 5.25 Å². The minimum absolute atomic E-state index is 0.0202. The van der Waals surface area contributed by atoms with E-state index in [-0.39, 0.29) is 11.6 Å². The molecule has 0 spiro atoms. The zero-order valence-corrected chi connectivity index (χ0v) is 23.9. The minimum atomic E-state index is -0.567. The summed E-state index contributed by atoms with van der Waals surface area (Å²) in [5.41, 5.74) is 2.90. The summed E-state index contributed by atoms with van der Waals surface area (Å²) < 4.78 is 13.4. The van der Waals surface area contributed by atoms with E-state index in [4.69, 9.17) is 11.6 Å². The highest BCUT2D eigenvalue weighted by Crippen LogP contribution is 2.28. The molecule has 4 aromatic rings. The Hall–Kier alpha value is -4.40. The van der Waals surface area contributed by atoms with Crippen molar-refractivity contribution in [3.05, 3.63) is 130 Å². The Balaban J connectivity index is 1.48. The summed E-state index contributed by atoms with van der Waals surface area (Å²) in [6.45, 7) is 3.67. The zero-order valence-electron chi connectivity index (χ0n) is 22.3. The number of anilines is 2. The lowest BCUT2D eigenvalue weighted by Crippen LogP contribution is -2.30. The molecule has 0 saturated carbocycles. The summed E-state index contributed by atoms with van der Waals surface area (Å²) in [4.78, 5) is 39.7. The second kappa shape index (κ2) is 13.8. The highest BCUT2D eigenvalue weighted by molar-refractivity contribution is 8.00. The van der Waals surface area contributed by atoms with Crippen LogP contribution >= 0.6 is 23.4 Å². The molecule has 0 fully saturated rings. The van der Waals surface area contributed by atoms with Crippen LogP contribution in [0.15, 0.2) is 108 Å². The summed E-state index contributed by atoms with van der Waals surface area (Å²) in [5, 5.41) is 8.45. The first-order valence-electron chi connectivity index (χ1n) is 12.7. The van der Waals surface area contributed by atoms with E-state index in [0.717, 1.165) is 10.5 Å². The zero-order chi connectivity index (χ0) is 29.4. The summed E-state index contributed by atoms with van der Waals surface area (Å²) >= 11 is 7.39. The van der Waals surface area contributed by atoms with Crippen LogP contribution in [0.25, 0.3) is 6.08 Å². The van der Waals surface area contributed by atoms with Gasteiger partial charge < -0.3 is 16.0 Å². The van der Waals surface area contributed by atoms with Crippen LogP contribution in [-0.4, -0.2) is 23.0 Å². The molecule has 0 aliphatic rings. The number of thioether (sulfide) groups is 1. The van der Waals surface area contributed by atoms with Crippen molar-refractivity contribution in [2.24, 2.45) is 0 Å². The molecule has 4 aromatic carbocycles. The highest BCUT2D eigenvalue weighted by atomic mass is 35.5. The Morgan fingerprint density at radius 3 is 2.34 bits per heavy atom. The topological polar surface area (TPSA) is 87.3 Å². The van der Waals surface area contributed by atoms with Gasteiger partial charge in [-0.25, -0.2) is 4.39 Å². The molecule has 0 aromatic heterocycles. The maximum Gasteiger partial charge on any atom is 0.272 e. The largest absolute Gasteiger partial charge is 0.325 e. The molecule has 0 bridgehead atoms. The van der Waals surface area contributed by atoms with Crippen LogP contribution in [-0.2, 0) is 9.59 Å². The quantitative estimate of drug-likeness (QED) is 0.141. The molecule has 0 radical (unpaired) electrons. The Kier molecular flexibility index (Phi) is 9.95. The maximum atomic E-state index is 13.4. The molecule has 0 aliphatic carbocycles. The molecule has 0 saturated heterocycles. The van der Waals surface area contributed by atoms with Gasteiger partial charge in [-0.2, -0.15) is 0 Å². The average molecular weight is 588 g/mol. The van der Waals surface area contributed by atoms with Crippen LogP contribution in [0, 0.1) is 12.7 Å². The van der Waals surface area contributed by atoms with Gasteiger partial charge in [-0.3, -0.25) is 14.4 Å². The van der Waals surface area contributed by atoms with Crippen LogP contribution in [0.5, 0.6) is 0 Å². The number of hydrogen-bond acceptors (Lipinski definition) is 4. The molecule has 4 rings (SSSR count). The van der Waals surface area contributed by atoms with Crippen LogP contribution in [0.3, 0.4) is 0 Å². The standard InChI is InChI=1S/C32H27ClFN3O3S/c1-20-11-14-24(33)18-28(20)36-30(38)21(2)41-27-10-6-9-26(19-27)35-32(40)29(17-22-12-15-25(34)16-13-22)37-31(39)23-7-4-3-5-8-23/h3-19,21H,1-2H3,(H,35,40)(H,36,38)(H,37,39)/b29-17+. The first-order valence-corrected chi connectivity index (χ1v) is 13.9. The van der Waals surface area contributed by atoms with Crippen molar-refractivity contribution in [2.45, 2.75) is 24.0 Å². The Morgan fingerprint density at radius 1 is 0.878 bits per heavy atom. The second-order valence-electron chi connectivity index (χ2n) is 9.12. The fourth-order valence-electron chi connectivity index (χ4n) is 3.73. The van der Waals surface area contributed by atoms with E-state index in [2.05, 4.69) is 16.0 Å². The predicted octanol–water partition coefficient (Wildman–Crippen LogP) is 7.32. The van der Waals surface area contributed by atoms with E-state index < -0.39 is 22.9 Å². The van der Waals surface area contributed by atoms with Crippen LogP contribution in [0.2, 0.25) is 5.02 Å². The molecule has 3 amide bonds. The van der Waals surface area contributed by atoms with Crippen molar-refractivity contribution in [2.75, 3.05) is 10.6 Å². The molecule has 1 unspecified atom stereocenters. The lowest BCUT2D eigenvalue weighted by Gasteiger charge is -2.15. The van der Waals surface area contributed by atoms with E-state index in [9.17, 15) is 18.8 Å². The molecule has 9 heteroatoms. The van der Waals surface area contributed by atoms with Gasteiger partial charge in [0.25, 0.3) is 11.8 Å². The van der Waals surface area contributed by atoms with Crippen LogP contribution in [0.4, 0.5) is 15.8 Å². The number of aryl methyl sites for hydroxylation is 1. The fourth-order valence-corrected chi connectivity index (χ4v) is 4.83. The smallest absolute Gasteiger partial charge is 0.272 e. The maximum absolute atomic E-state index is 13.4. The van der Waals surface area contributed by atoms with Crippen molar-refractivity contribution in [1.29, 1.82) is 0 Å². The van der Waals surface area contributed by atoms with Crippen molar-refractivity contribution >= 4 is 58.5 Å². The van der Waals surface area contributed by atoms with Crippen LogP contribution < -0.4 is 16.0 Å². The number of hydrogen-bond donors (Lipinski definition) is 3. The number of carbonyl (C=O) groups is 3. The first-order chi connectivity index (χ1) is 19.7. The van der Waals surface area contributed by atoms with Crippen molar-refractivity contribution in [3.8, 4) is 0 Å². The normalized spacial score (nSPS) is 11.9. The van der Waals surface area contributed by atoms with Crippen molar-refractivity contribution in [1.82, 2.24) is 5.32 Å². The number of amides is 3. The Bertz CT molecular complexity index is 1590. The molecule has 0 aliphatic heterocycles. The molecule has 208 valence electrons. The SMILES string of the molecule is Cc1ccc(Cl)cc1NC(=O)C(C)Sc1cccc(NC(=O)/C(=C\c2ccc(F)cc2)NC(=O)c2ccccc2)c1. The second-order valence-corrected chi connectivity index (χ2v) is 11.0. The number of benzene rings is 4. The van der Waals surface area contributed by atoms with Crippen molar-refractivity contribution < 1.29 is 18.8 Å². The Morgan fingerprint density at radius 2 is 1.61 bits per heavy atom. The van der Waals surface area contributed by atoms with Gasteiger partial charge >= 0.3 is 0 Å². The van der Waals surface area contributed by atoms with Gasteiger partial charge in [-0.1, -0.05) is 54.1 Å². The molecule has 1 atom stereocenters. The summed E-state index contributed by atoms with van der Waals surface area (Å²) in [5.74, 6) is -1.64. The van der Waals surface area contributed by atoms with E-state index in [1.54, 1.807) is 67.6 Å². The fraction of sp³-hybridized carbons (Fsp3) is 0.0938. The van der Waals surface area contributed by atoms with E-state index >= 15 is 0 Å². The summed E-state index contributed by atoms with van der Waals surface area (Å²) in [7, 11) is 0. The first kappa shape index (κ1) is 29.6. The number of nitrogens with one attached hydrogen (secondary N) is 3. The van der Waals surface area contributed by atoms with Gasteiger partial charge in [-0.05, 0) is 85.6 Å². The third kappa shape index (κ3) is 8.54. The monoisotopic (exact) mass is 587 g/mol. The number of carbonyl (C=O) groups excluding carboxylic acids is 3. The van der Waals surface area contributed by atoms with Gasteiger partial charge in [0, 0.05) is 26.9 Å². The van der Waals surface area contributed by atoms with Gasteiger partial charge in [0.15, 0.2) is 0 Å². The van der Waals surface area contributed by atoms with E-state index in [1.807, 2.05) is 19.1 Å². The third-order valence-electron chi connectivity index (χ3n) is 5.94. The van der Waals surface area contributed by atoms with Gasteiger partial charge in [0.2, 0.25) is 5.91 Å². The molecular formula is C32H27ClFN3O3S. The lowest BCUT2D eigenvalue weighted by molar-refractivity contribution is -0.115. The average Bonchev–Trinajstić information content (AvgIpc) is 2.96. The molecule has 3 N–H and O–H groups in total. The molecule has 0 heterocycles. The lowest BCUT2D eigenvalue weighted by atomic mass is 10.1. The number of halogens is 2.